The maximum absolute atomic E-state index is 4.64. The fourth-order valence-corrected chi connectivity index (χ4v) is 4.00. The third-order valence-electron chi connectivity index (χ3n) is 3.94. The Morgan fingerprint density at radius 1 is 1.28 bits per heavy atom. The Morgan fingerprint density at radius 3 is 2.78 bits per heavy atom. The van der Waals surface area contributed by atoms with Gasteiger partial charge >= 0.3 is 0 Å². The van der Waals surface area contributed by atoms with E-state index in [1.165, 1.54) is 21.1 Å². The third kappa shape index (κ3) is 1.88. The van der Waals surface area contributed by atoms with E-state index in [0.717, 1.165) is 19.3 Å². The molecule has 1 aromatic heterocycles. The second-order valence-electron chi connectivity index (χ2n) is 4.98. The standard InChI is InChI=1S/C15H18N2S/c1-11-17-13-8-9-15(16-2,10-14(13)18-11)12-6-4-3-5-7-12/h3-7,16H,8-10H2,1-2H3. The first-order valence-corrected chi connectivity index (χ1v) is 7.25. The van der Waals surface area contributed by atoms with Gasteiger partial charge in [0.1, 0.15) is 0 Å². The lowest BCUT2D eigenvalue weighted by Gasteiger charge is -2.37. The van der Waals surface area contributed by atoms with E-state index >= 15 is 0 Å². The second kappa shape index (κ2) is 4.48. The summed E-state index contributed by atoms with van der Waals surface area (Å²) in [6, 6.07) is 10.8. The smallest absolute Gasteiger partial charge is 0.0900 e. The first-order valence-electron chi connectivity index (χ1n) is 6.43. The van der Waals surface area contributed by atoms with E-state index in [0.29, 0.717) is 0 Å². The number of hydrogen-bond donors (Lipinski definition) is 1. The van der Waals surface area contributed by atoms with Crippen LogP contribution in [0.5, 0.6) is 0 Å². The summed E-state index contributed by atoms with van der Waals surface area (Å²) in [5.74, 6) is 0. The van der Waals surface area contributed by atoms with Gasteiger partial charge in [-0.15, -0.1) is 11.3 Å². The number of aryl methyl sites for hydroxylation is 2. The maximum atomic E-state index is 4.64. The molecule has 0 aliphatic heterocycles. The molecule has 1 N–H and O–H groups in total. The van der Waals surface area contributed by atoms with Crippen molar-refractivity contribution in [1.82, 2.24) is 10.3 Å². The lowest BCUT2D eigenvalue weighted by molar-refractivity contribution is 0.316. The van der Waals surface area contributed by atoms with Gasteiger partial charge in [-0.3, -0.25) is 0 Å². The molecule has 1 unspecified atom stereocenters. The van der Waals surface area contributed by atoms with E-state index in [1.54, 1.807) is 0 Å². The summed E-state index contributed by atoms with van der Waals surface area (Å²) >= 11 is 1.85. The summed E-state index contributed by atoms with van der Waals surface area (Å²) in [6.07, 6.45) is 3.27. The molecular weight excluding hydrogens is 240 g/mol. The zero-order chi connectivity index (χ0) is 12.6. The molecule has 0 spiro atoms. The number of rotatable bonds is 2. The van der Waals surface area contributed by atoms with Crippen LogP contribution in [-0.2, 0) is 18.4 Å². The van der Waals surface area contributed by atoms with Gasteiger partial charge in [-0.25, -0.2) is 4.98 Å². The first kappa shape index (κ1) is 11.9. The molecule has 2 aromatic rings. The van der Waals surface area contributed by atoms with Gasteiger partial charge in [-0.1, -0.05) is 30.3 Å². The Morgan fingerprint density at radius 2 is 2.06 bits per heavy atom. The molecule has 2 nitrogen and oxygen atoms in total. The Balaban J connectivity index is 2.01. The van der Waals surface area contributed by atoms with Crippen LogP contribution in [-0.4, -0.2) is 12.0 Å². The Labute approximate surface area is 112 Å². The number of benzene rings is 1. The molecule has 0 radical (unpaired) electrons. The molecule has 1 heterocycles. The molecule has 1 atom stereocenters. The van der Waals surface area contributed by atoms with Crippen molar-refractivity contribution in [2.24, 2.45) is 0 Å². The van der Waals surface area contributed by atoms with Crippen LogP contribution in [0.1, 0.15) is 27.6 Å². The average molecular weight is 258 g/mol. The van der Waals surface area contributed by atoms with Crippen molar-refractivity contribution in [3.63, 3.8) is 0 Å². The highest BCUT2D eigenvalue weighted by molar-refractivity contribution is 7.11. The lowest BCUT2D eigenvalue weighted by Crippen LogP contribution is -2.44. The van der Waals surface area contributed by atoms with Crippen LogP contribution in [0, 0.1) is 6.92 Å². The van der Waals surface area contributed by atoms with Gasteiger partial charge in [-0.2, -0.15) is 0 Å². The van der Waals surface area contributed by atoms with Crippen LogP contribution in [0.4, 0.5) is 0 Å². The number of aromatic nitrogens is 1. The number of nitrogens with zero attached hydrogens (tertiary/aromatic N) is 1. The molecule has 18 heavy (non-hydrogen) atoms. The van der Waals surface area contributed by atoms with Crippen molar-refractivity contribution in [2.45, 2.75) is 31.7 Å². The highest BCUT2D eigenvalue weighted by Crippen LogP contribution is 2.38. The summed E-state index contributed by atoms with van der Waals surface area (Å²) < 4.78 is 0. The summed E-state index contributed by atoms with van der Waals surface area (Å²) in [6.45, 7) is 2.10. The van der Waals surface area contributed by atoms with E-state index < -0.39 is 0 Å². The maximum Gasteiger partial charge on any atom is 0.0900 e. The molecule has 0 fully saturated rings. The largest absolute Gasteiger partial charge is 0.310 e. The Kier molecular flexibility index (Phi) is 2.96. The van der Waals surface area contributed by atoms with Crippen molar-refractivity contribution in [3.8, 4) is 0 Å². The minimum absolute atomic E-state index is 0.0905. The summed E-state index contributed by atoms with van der Waals surface area (Å²) in [7, 11) is 2.08. The zero-order valence-corrected chi connectivity index (χ0v) is 11.7. The van der Waals surface area contributed by atoms with Gasteiger partial charge in [0.2, 0.25) is 0 Å². The van der Waals surface area contributed by atoms with Crippen LogP contribution in [0.25, 0.3) is 0 Å². The van der Waals surface area contributed by atoms with Crippen molar-refractivity contribution in [3.05, 3.63) is 51.5 Å². The fourth-order valence-electron chi connectivity index (χ4n) is 2.90. The van der Waals surface area contributed by atoms with Crippen molar-refractivity contribution < 1.29 is 0 Å². The number of likely N-dealkylation sites (N-methyl/N-ethyl adjacent to an activating group) is 1. The number of hydrogen-bond acceptors (Lipinski definition) is 3. The van der Waals surface area contributed by atoms with Crippen LogP contribution in [0.3, 0.4) is 0 Å². The first-order chi connectivity index (χ1) is 8.73. The fraction of sp³-hybridized carbons (Fsp3) is 0.400. The van der Waals surface area contributed by atoms with E-state index in [2.05, 4.69) is 54.6 Å². The van der Waals surface area contributed by atoms with Crippen molar-refractivity contribution >= 4 is 11.3 Å². The Hall–Kier alpha value is -1.19. The molecule has 0 amide bonds. The quantitative estimate of drug-likeness (QED) is 0.895. The van der Waals surface area contributed by atoms with Gasteiger partial charge < -0.3 is 5.32 Å². The summed E-state index contributed by atoms with van der Waals surface area (Å²) in [5.41, 5.74) is 2.80. The topological polar surface area (TPSA) is 24.9 Å². The zero-order valence-electron chi connectivity index (χ0n) is 10.9. The molecule has 94 valence electrons. The van der Waals surface area contributed by atoms with Gasteiger partial charge in [0, 0.05) is 16.8 Å². The molecular formula is C15H18N2S. The highest BCUT2D eigenvalue weighted by Gasteiger charge is 2.36. The lowest BCUT2D eigenvalue weighted by atomic mass is 9.78. The minimum Gasteiger partial charge on any atom is -0.310 e. The molecule has 1 aliphatic rings. The predicted octanol–water partition coefficient (Wildman–Crippen LogP) is 3.06. The van der Waals surface area contributed by atoms with Crippen LogP contribution in [0.2, 0.25) is 0 Å². The SMILES string of the molecule is CNC1(c2ccccc2)CCc2nc(C)sc2C1. The van der Waals surface area contributed by atoms with Crippen LogP contribution < -0.4 is 5.32 Å². The van der Waals surface area contributed by atoms with Crippen LogP contribution in [0.15, 0.2) is 30.3 Å². The minimum atomic E-state index is 0.0905. The van der Waals surface area contributed by atoms with Gasteiger partial charge in [0.05, 0.1) is 10.7 Å². The molecule has 0 bridgehead atoms. The monoisotopic (exact) mass is 258 g/mol. The number of thiazole rings is 1. The Bertz CT molecular complexity index is 547. The van der Waals surface area contributed by atoms with Crippen molar-refractivity contribution in [1.29, 1.82) is 0 Å². The highest BCUT2D eigenvalue weighted by atomic mass is 32.1. The van der Waals surface area contributed by atoms with Gasteiger partial charge in [0.25, 0.3) is 0 Å². The molecule has 0 saturated carbocycles. The molecule has 3 heteroatoms. The summed E-state index contributed by atoms with van der Waals surface area (Å²) in [4.78, 5) is 6.09. The second-order valence-corrected chi connectivity index (χ2v) is 6.27. The number of nitrogens with one attached hydrogen (secondary N) is 1. The average Bonchev–Trinajstić information content (AvgIpc) is 2.78. The summed E-state index contributed by atoms with van der Waals surface area (Å²) in [5, 5.41) is 4.76. The molecule has 1 aromatic carbocycles. The van der Waals surface area contributed by atoms with E-state index in [9.17, 15) is 0 Å². The van der Waals surface area contributed by atoms with E-state index in [4.69, 9.17) is 0 Å². The van der Waals surface area contributed by atoms with Gasteiger partial charge in [0.15, 0.2) is 0 Å². The molecule has 3 rings (SSSR count). The van der Waals surface area contributed by atoms with E-state index in [-0.39, 0.29) is 5.54 Å². The van der Waals surface area contributed by atoms with Crippen molar-refractivity contribution in [2.75, 3.05) is 7.05 Å². The number of fused-ring (bicyclic) bond motifs is 1. The predicted molar refractivity (Wildman–Crippen MR) is 76.1 cm³/mol. The third-order valence-corrected chi connectivity index (χ3v) is 4.95. The molecule has 1 aliphatic carbocycles. The van der Waals surface area contributed by atoms with Gasteiger partial charge in [-0.05, 0) is 32.4 Å². The van der Waals surface area contributed by atoms with E-state index in [1.807, 2.05) is 11.3 Å². The normalized spacial score (nSPS) is 22.8. The van der Waals surface area contributed by atoms with Crippen LogP contribution >= 0.6 is 11.3 Å². The molecule has 0 saturated heterocycles.